The van der Waals surface area contributed by atoms with Gasteiger partial charge in [-0.3, -0.25) is 0 Å². The first-order chi connectivity index (χ1) is 26.7. The van der Waals surface area contributed by atoms with Crippen molar-refractivity contribution in [1.82, 2.24) is 24.9 Å². The third kappa shape index (κ3) is 6.17. The first-order valence-electron chi connectivity index (χ1n) is 17.7. The van der Waals surface area contributed by atoms with Gasteiger partial charge in [-0.15, -0.1) is 0 Å². The summed E-state index contributed by atoms with van der Waals surface area (Å²) in [7, 11) is 0. The summed E-state index contributed by atoms with van der Waals surface area (Å²) in [6, 6.07) is 62.7. The number of nitriles is 1. The van der Waals surface area contributed by atoms with Crippen molar-refractivity contribution in [2.45, 2.75) is 0 Å². The Kier molecular flexibility index (Phi) is 8.48. The highest BCUT2D eigenvalue weighted by Gasteiger charge is 2.20. The third-order valence-corrected chi connectivity index (χ3v) is 9.42. The Balaban J connectivity index is 1.27. The maximum atomic E-state index is 10.3. The number of benzene rings is 7. The Morgan fingerprint density at radius 2 is 0.833 bits per heavy atom. The van der Waals surface area contributed by atoms with Crippen molar-refractivity contribution in [3.63, 3.8) is 0 Å². The van der Waals surface area contributed by atoms with E-state index in [4.69, 9.17) is 24.9 Å². The molecule has 7 aromatic carbocycles. The molecule has 0 atom stereocenters. The number of nitrogens with zero attached hydrogens (tertiary/aromatic N) is 6. The van der Waals surface area contributed by atoms with Crippen molar-refractivity contribution in [1.29, 1.82) is 5.26 Å². The SMILES string of the molecule is N#Cc1ccccc1-c1cc(-c2nc(-c3ccccc3)nc(-c3ccccc3)n2)ccc1-c1ccccc1-c1nc(-c2ccccc2)c2ccccc2n1. The molecular weight excluding hydrogens is 661 g/mol. The fourth-order valence-corrected chi connectivity index (χ4v) is 6.82. The molecule has 0 N–H and O–H groups in total. The van der Waals surface area contributed by atoms with Crippen molar-refractivity contribution < 1.29 is 0 Å². The Morgan fingerprint density at radius 3 is 1.48 bits per heavy atom. The van der Waals surface area contributed by atoms with Gasteiger partial charge in [-0.25, -0.2) is 24.9 Å². The van der Waals surface area contributed by atoms with E-state index in [1.54, 1.807) is 0 Å². The van der Waals surface area contributed by atoms with Crippen LogP contribution in [-0.2, 0) is 0 Å². The first-order valence-corrected chi connectivity index (χ1v) is 17.7. The van der Waals surface area contributed by atoms with E-state index in [-0.39, 0.29) is 0 Å². The third-order valence-electron chi connectivity index (χ3n) is 9.42. The van der Waals surface area contributed by atoms with Gasteiger partial charge >= 0.3 is 0 Å². The van der Waals surface area contributed by atoms with Crippen LogP contribution in [0.1, 0.15) is 5.56 Å². The summed E-state index contributed by atoms with van der Waals surface area (Å²) in [6.07, 6.45) is 0. The second-order valence-corrected chi connectivity index (χ2v) is 12.8. The summed E-state index contributed by atoms with van der Waals surface area (Å²) in [5.74, 6) is 2.30. The van der Waals surface area contributed by atoms with Crippen LogP contribution in [0.25, 0.3) is 90.0 Å². The molecule has 0 saturated heterocycles. The van der Waals surface area contributed by atoms with Gasteiger partial charge in [0.2, 0.25) is 0 Å². The number of fused-ring (bicyclic) bond motifs is 1. The molecule has 6 heteroatoms. The van der Waals surface area contributed by atoms with Gasteiger partial charge in [-0.1, -0.05) is 164 Å². The Bertz CT molecular complexity index is 2770. The number of para-hydroxylation sites is 1. The van der Waals surface area contributed by atoms with Gasteiger partial charge in [0, 0.05) is 38.8 Å². The smallest absolute Gasteiger partial charge is 0.164 e. The van der Waals surface area contributed by atoms with Crippen LogP contribution in [0, 0.1) is 11.3 Å². The number of aromatic nitrogens is 5. The maximum absolute atomic E-state index is 10.3. The predicted octanol–water partition coefficient (Wildman–Crippen LogP) is 11.4. The first kappa shape index (κ1) is 32.3. The highest BCUT2D eigenvalue weighted by Crippen LogP contribution is 2.41. The van der Waals surface area contributed by atoms with Crippen molar-refractivity contribution in [2.75, 3.05) is 0 Å². The molecule has 54 heavy (non-hydrogen) atoms. The zero-order valence-corrected chi connectivity index (χ0v) is 29.0. The zero-order chi connectivity index (χ0) is 36.3. The second kappa shape index (κ2) is 14.2. The largest absolute Gasteiger partial charge is 0.228 e. The van der Waals surface area contributed by atoms with Crippen LogP contribution in [0.4, 0.5) is 0 Å². The van der Waals surface area contributed by atoms with Gasteiger partial charge in [-0.2, -0.15) is 5.26 Å². The summed E-state index contributed by atoms with van der Waals surface area (Å²) in [5, 5.41) is 11.3. The van der Waals surface area contributed by atoms with E-state index in [0.717, 1.165) is 66.7 Å². The van der Waals surface area contributed by atoms with Gasteiger partial charge in [-0.05, 0) is 34.9 Å². The minimum absolute atomic E-state index is 0.531. The Morgan fingerprint density at radius 1 is 0.333 bits per heavy atom. The molecule has 9 aromatic rings. The average molecular weight is 691 g/mol. The van der Waals surface area contributed by atoms with Crippen LogP contribution in [0.5, 0.6) is 0 Å². The summed E-state index contributed by atoms with van der Waals surface area (Å²) in [6.45, 7) is 0. The molecule has 0 spiro atoms. The monoisotopic (exact) mass is 690 g/mol. The molecule has 0 aliphatic heterocycles. The topological polar surface area (TPSA) is 88.2 Å². The maximum Gasteiger partial charge on any atom is 0.164 e. The molecule has 0 bridgehead atoms. The highest BCUT2D eigenvalue weighted by molar-refractivity contribution is 5.97. The van der Waals surface area contributed by atoms with Gasteiger partial charge in [0.1, 0.15) is 0 Å². The molecular formula is C48H30N6. The van der Waals surface area contributed by atoms with Gasteiger partial charge in [0.15, 0.2) is 23.3 Å². The van der Waals surface area contributed by atoms with E-state index >= 15 is 0 Å². The van der Waals surface area contributed by atoms with Gasteiger partial charge in [0.05, 0.1) is 22.8 Å². The van der Waals surface area contributed by atoms with Crippen molar-refractivity contribution in [3.05, 3.63) is 188 Å². The van der Waals surface area contributed by atoms with Crippen LogP contribution in [-0.4, -0.2) is 24.9 Å². The summed E-state index contributed by atoms with van der Waals surface area (Å²) >= 11 is 0. The fourth-order valence-electron chi connectivity index (χ4n) is 6.82. The number of hydrogen-bond acceptors (Lipinski definition) is 6. The van der Waals surface area contributed by atoms with Crippen LogP contribution in [0.3, 0.4) is 0 Å². The van der Waals surface area contributed by atoms with Crippen molar-refractivity contribution >= 4 is 10.9 Å². The normalized spacial score (nSPS) is 10.9. The molecule has 0 amide bonds. The highest BCUT2D eigenvalue weighted by atomic mass is 15.0. The fraction of sp³-hybridized carbons (Fsp3) is 0. The van der Waals surface area contributed by atoms with Crippen LogP contribution in [0.15, 0.2) is 182 Å². The van der Waals surface area contributed by atoms with Crippen molar-refractivity contribution in [2.24, 2.45) is 0 Å². The molecule has 0 radical (unpaired) electrons. The predicted molar refractivity (Wildman–Crippen MR) is 216 cm³/mol. The van der Waals surface area contributed by atoms with E-state index in [1.807, 2.05) is 140 Å². The molecule has 252 valence electrons. The Labute approximate surface area is 312 Å². The van der Waals surface area contributed by atoms with Crippen LogP contribution < -0.4 is 0 Å². The van der Waals surface area contributed by atoms with E-state index in [2.05, 4.69) is 48.5 Å². The number of hydrogen-bond donors (Lipinski definition) is 0. The van der Waals surface area contributed by atoms with Crippen LogP contribution in [0.2, 0.25) is 0 Å². The quantitative estimate of drug-likeness (QED) is 0.165. The minimum atomic E-state index is 0.531. The van der Waals surface area contributed by atoms with E-state index in [9.17, 15) is 5.26 Å². The Hall–Kier alpha value is -7.62. The lowest BCUT2D eigenvalue weighted by molar-refractivity contribution is 1.07. The van der Waals surface area contributed by atoms with Crippen molar-refractivity contribution in [3.8, 4) is 85.1 Å². The van der Waals surface area contributed by atoms with Crippen LogP contribution >= 0.6 is 0 Å². The summed E-state index contributed by atoms with van der Waals surface area (Å²) in [4.78, 5) is 25.2. The molecule has 6 nitrogen and oxygen atoms in total. The lowest BCUT2D eigenvalue weighted by Gasteiger charge is -2.17. The lowest BCUT2D eigenvalue weighted by atomic mass is 9.88. The zero-order valence-electron chi connectivity index (χ0n) is 29.0. The van der Waals surface area contributed by atoms with E-state index < -0.39 is 0 Å². The minimum Gasteiger partial charge on any atom is -0.228 e. The molecule has 0 fully saturated rings. The van der Waals surface area contributed by atoms with Gasteiger partial charge < -0.3 is 0 Å². The van der Waals surface area contributed by atoms with E-state index in [1.165, 1.54) is 0 Å². The molecule has 0 unspecified atom stereocenters. The number of rotatable bonds is 7. The molecule has 0 aliphatic carbocycles. The summed E-state index contributed by atoms with van der Waals surface area (Å²) < 4.78 is 0. The second-order valence-electron chi connectivity index (χ2n) is 12.8. The average Bonchev–Trinajstić information content (AvgIpc) is 3.26. The molecule has 2 aromatic heterocycles. The lowest BCUT2D eigenvalue weighted by Crippen LogP contribution is -2.01. The summed E-state index contributed by atoms with van der Waals surface area (Å²) in [5.41, 5.74) is 10.3. The molecule has 0 saturated carbocycles. The molecule has 0 aliphatic rings. The van der Waals surface area contributed by atoms with E-state index in [0.29, 0.717) is 28.9 Å². The molecule has 2 heterocycles. The molecule has 9 rings (SSSR count). The standard InChI is InChI=1S/C48H30N6/c49-31-36-22-10-11-23-37(36)42-30-35(47-53-45(33-18-6-2-7-19-33)52-46(54-47)34-20-8-3-9-21-34)28-29-39(42)38-24-12-13-25-40(38)48-50-43-27-15-14-26-41(43)44(51-48)32-16-4-1-5-17-32/h1-30H. The van der Waals surface area contributed by atoms with Gasteiger partial charge in [0.25, 0.3) is 0 Å².